The first-order valence-corrected chi connectivity index (χ1v) is 9.82. The molecule has 10 nitrogen and oxygen atoms in total. The second-order valence-corrected chi connectivity index (χ2v) is 7.34. The molecule has 3 heterocycles. The highest BCUT2D eigenvalue weighted by molar-refractivity contribution is 6.06. The number of aromatic nitrogens is 5. The van der Waals surface area contributed by atoms with Gasteiger partial charge in [0, 0.05) is 13.6 Å². The quantitative estimate of drug-likeness (QED) is 0.296. The molecule has 0 bridgehead atoms. The predicted octanol–water partition coefficient (Wildman–Crippen LogP) is 2.97. The molecular formula is C20H23N7O3. The number of nitrogen functional groups attached to an aromatic ring is 1. The van der Waals surface area contributed by atoms with Crippen LogP contribution in [0.5, 0.6) is 0 Å². The lowest BCUT2D eigenvalue weighted by atomic mass is 10.2. The Morgan fingerprint density at radius 2 is 1.93 bits per heavy atom. The number of unbranched alkanes of at least 4 members (excludes halogenated alkanes) is 2. The van der Waals surface area contributed by atoms with Crippen molar-refractivity contribution < 1.29 is 4.92 Å². The number of hydrogen-bond donors (Lipinski definition) is 1. The van der Waals surface area contributed by atoms with Crippen LogP contribution in [0.25, 0.3) is 33.3 Å². The van der Waals surface area contributed by atoms with Crippen LogP contribution in [0, 0.1) is 10.1 Å². The molecule has 0 saturated carbocycles. The molecule has 0 saturated heterocycles. The Morgan fingerprint density at radius 1 is 1.20 bits per heavy atom. The van der Waals surface area contributed by atoms with Crippen molar-refractivity contribution in [1.82, 2.24) is 23.9 Å². The fraction of sp³-hybridized carbons (Fsp3) is 0.350. The third-order valence-corrected chi connectivity index (χ3v) is 5.44. The van der Waals surface area contributed by atoms with Gasteiger partial charge in [0.05, 0.1) is 28.7 Å². The molecule has 0 atom stereocenters. The minimum Gasteiger partial charge on any atom is -0.384 e. The van der Waals surface area contributed by atoms with Crippen LogP contribution in [0.4, 0.5) is 11.6 Å². The van der Waals surface area contributed by atoms with Gasteiger partial charge in [0.25, 0.3) is 0 Å². The molecule has 0 amide bonds. The Bertz CT molecular complexity index is 1350. The van der Waals surface area contributed by atoms with Gasteiger partial charge in [-0.1, -0.05) is 31.9 Å². The van der Waals surface area contributed by atoms with Gasteiger partial charge in [0.15, 0.2) is 0 Å². The smallest absolute Gasteiger partial charge is 0.384 e. The normalized spacial score (nSPS) is 11.6. The second-order valence-electron chi connectivity index (χ2n) is 7.34. The molecule has 0 aliphatic heterocycles. The van der Waals surface area contributed by atoms with Gasteiger partial charge in [-0.05, 0) is 23.5 Å². The zero-order chi connectivity index (χ0) is 21.6. The topological polar surface area (TPSA) is 127 Å². The van der Waals surface area contributed by atoms with E-state index in [1.54, 1.807) is 4.57 Å². The Labute approximate surface area is 171 Å². The molecule has 0 fully saturated rings. The zero-order valence-electron chi connectivity index (χ0n) is 17.1. The monoisotopic (exact) mass is 409 g/mol. The summed E-state index contributed by atoms with van der Waals surface area (Å²) in [7, 11) is 3.23. The van der Waals surface area contributed by atoms with E-state index in [1.165, 1.54) is 7.05 Å². The van der Waals surface area contributed by atoms with Crippen molar-refractivity contribution in [1.29, 1.82) is 0 Å². The first-order valence-electron chi connectivity index (χ1n) is 9.82. The Kier molecular flexibility index (Phi) is 4.76. The van der Waals surface area contributed by atoms with Crippen molar-refractivity contribution >= 4 is 33.6 Å². The maximum Gasteiger partial charge on any atom is 0.398 e. The number of anilines is 1. The molecule has 0 unspecified atom stereocenters. The van der Waals surface area contributed by atoms with E-state index in [-0.39, 0.29) is 16.7 Å². The number of hydrogen-bond acceptors (Lipinski definition) is 6. The minimum absolute atomic E-state index is 0.135. The summed E-state index contributed by atoms with van der Waals surface area (Å²) in [4.78, 5) is 28.9. The number of benzene rings is 1. The molecule has 0 radical (unpaired) electrons. The van der Waals surface area contributed by atoms with E-state index < -0.39 is 16.3 Å². The highest BCUT2D eigenvalue weighted by atomic mass is 16.6. The SMILES string of the molecule is CCCCCn1c(N)c(-c2nc3ccccc3n2C)c2c([N+](=O)[O-])nn(C)c(=O)c21. The molecule has 156 valence electrons. The van der Waals surface area contributed by atoms with E-state index >= 15 is 0 Å². The number of para-hydroxylation sites is 2. The number of nitro groups is 1. The predicted molar refractivity (Wildman–Crippen MR) is 115 cm³/mol. The molecule has 2 N–H and O–H groups in total. The average molecular weight is 409 g/mol. The summed E-state index contributed by atoms with van der Waals surface area (Å²) < 4.78 is 4.50. The van der Waals surface area contributed by atoms with Crippen LogP contribution in [0.3, 0.4) is 0 Å². The van der Waals surface area contributed by atoms with Gasteiger partial charge < -0.3 is 25.0 Å². The third kappa shape index (κ3) is 2.83. The summed E-state index contributed by atoms with van der Waals surface area (Å²) >= 11 is 0. The van der Waals surface area contributed by atoms with Gasteiger partial charge in [-0.25, -0.2) is 4.98 Å². The maximum absolute atomic E-state index is 13.0. The molecule has 4 aromatic rings. The van der Waals surface area contributed by atoms with Crippen LogP contribution in [0.1, 0.15) is 26.2 Å². The van der Waals surface area contributed by atoms with Gasteiger partial charge in [0.2, 0.25) is 0 Å². The summed E-state index contributed by atoms with van der Waals surface area (Å²) in [5.74, 6) is 0.342. The van der Waals surface area contributed by atoms with Crippen molar-refractivity contribution in [2.24, 2.45) is 14.1 Å². The summed E-state index contributed by atoms with van der Waals surface area (Å²) in [5.41, 5.74) is 8.25. The Hall–Kier alpha value is -3.69. The van der Waals surface area contributed by atoms with Crippen LogP contribution in [0.15, 0.2) is 29.1 Å². The minimum atomic E-state index is -0.580. The van der Waals surface area contributed by atoms with Crippen molar-refractivity contribution in [3.05, 3.63) is 44.7 Å². The van der Waals surface area contributed by atoms with E-state index in [0.29, 0.717) is 17.9 Å². The van der Waals surface area contributed by atoms with Crippen molar-refractivity contribution in [2.75, 3.05) is 5.73 Å². The van der Waals surface area contributed by atoms with Crippen molar-refractivity contribution in [3.8, 4) is 11.4 Å². The second kappa shape index (κ2) is 7.29. The van der Waals surface area contributed by atoms with Gasteiger partial charge in [-0.2, -0.15) is 0 Å². The van der Waals surface area contributed by atoms with E-state index in [4.69, 9.17) is 5.73 Å². The maximum atomic E-state index is 13.0. The molecule has 4 rings (SSSR count). The molecule has 0 aliphatic rings. The molecule has 3 aromatic heterocycles. The summed E-state index contributed by atoms with van der Waals surface area (Å²) in [6, 6.07) is 7.54. The van der Waals surface area contributed by atoms with Gasteiger partial charge >= 0.3 is 11.4 Å². The Balaban J connectivity index is 2.14. The largest absolute Gasteiger partial charge is 0.398 e. The van der Waals surface area contributed by atoms with Gasteiger partial charge in [-0.3, -0.25) is 4.79 Å². The Morgan fingerprint density at radius 3 is 2.60 bits per heavy atom. The first-order chi connectivity index (χ1) is 14.4. The summed E-state index contributed by atoms with van der Waals surface area (Å²) in [6.45, 7) is 2.56. The van der Waals surface area contributed by atoms with Gasteiger partial charge in [0.1, 0.15) is 22.5 Å². The lowest BCUT2D eigenvalue weighted by Crippen LogP contribution is -2.23. The number of fused-ring (bicyclic) bond motifs is 2. The zero-order valence-corrected chi connectivity index (χ0v) is 17.1. The molecule has 30 heavy (non-hydrogen) atoms. The van der Waals surface area contributed by atoms with E-state index in [1.807, 2.05) is 35.9 Å². The number of nitrogens with zero attached hydrogens (tertiary/aromatic N) is 6. The lowest BCUT2D eigenvalue weighted by Gasteiger charge is -2.07. The third-order valence-electron chi connectivity index (χ3n) is 5.44. The highest BCUT2D eigenvalue weighted by Gasteiger charge is 2.31. The lowest BCUT2D eigenvalue weighted by molar-refractivity contribution is -0.388. The molecule has 10 heteroatoms. The van der Waals surface area contributed by atoms with E-state index in [2.05, 4.69) is 17.0 Å². The molecule has 0 spiro atoms. The van der Waals surface area contributed by atoms with Crippen LogP contribution < -0.4 is 11.3 Å². The first kappa shape index (κ1) is 19.6. The van der Waals surface area contributed by atoms with Crippen molar-refractivity contribution in [3.63, 3.8) is 0 Å². The number of aryl methyl sites for hydroxylation is 3. The molecule has 1 aromatic carbocycles. The average Bonchev–Trinajstić information content (AvgIpc) is 3.19. The molecule has 0 aliphatic carbocycles. The number of nitrogens with two attached hydrogens (primary N) is 1. The molecular weight excluding hydrogens is 386 g/mol. The summed E-state index contributed by atoms with van der Waals surface area (Å²) in [6.07, 6.45) is 2.75. The fourth-order valence-corrected chi connectivity index (χ4v) is 3.94. The highest BCUT2D eigenvalue weighted by Crippen LogP contribution is 2.40. The van der Waals surface area contributed by atoms with Crippen LogP contribution in [-0.2, 0) is 20.6 Å². The number of imidazole rings is 1. The van der Waals surface area contributed by atoms with E-state index in [9.17, 15) is 14.9 Å². The van der Waals surface area contributed by atoms with Crippen LogP contribution in [0.2, 0.25) is 0 Å². The standard InChI is InChI=1S/C20H23N7O3/c1-4-5-8-11-26-16-14(19(27(29)30)23-25(3)20(16)28)15(17(26)21)18-22-12-9-6-7-10-13(12)24(18)2/h6-7,9-10H,4-5,8,11,21H2,1-3H3. The number of rotatable bonds is 6. The van der Waals surface area contributed by atoms with Crippen LogP contribution >= 0.6 is 0 Å². The van der Waals surface area contributed by atoms with Gasteiger partial charge in [-0.15, -0.1) is 4.68 Å². The summed E-state index contributed by atoms with van der Waals surface area (Å²) in [5, 5.41) is 15.9. The van der Waals surface area contributed by atoms with Crippen LogP contribution in [-0.4, -0.2) is 28.8 Å². The van der Waals surface area contributed by atoms with Crippen molar-refractivity contribution in [2.45, 2.75) is 32.7 Å². The fourth-order valence-electron chi connectivity index (χ4n) is 3.94. The van der Waals surface area contributed by atoms with E-state index in [0.717, 1.165) is 35.0 Å².